The van der Waals surface area contributed by atoms with Crippen molar-refractivity contribution in [3.8, 4) is 0 Å². The average molecular weight is 265 g/mol. The van der Waals surface area contributed by atoms with Crippen LogP contribution < -0.4 is 11.1 Å². The van der Waals surface area contributed by atoms with Crippen molar-refractivity contribution >= 4 is 11.6 Å². The third-order valence-electron chi connectivity index (χ3n) is 2.98. The summed E-state index contributed by atoms with van der Waals surface area (Å²) in [5.74, 6) is -0.196. The van der Waals surface area contributed by atoms with Gasteiger partial charge in [0.25, 0.3) is 5.69 Å². The van der Waals surface area contributed by atoms with Gasteiger partial charge >= 0.3 is 0 Å². The van der Waals surface area contributed by atoms with E-state index in [0.29, 0.717) is 12.1 Å². The number of carbonyl (C=O) groups is 1. The van der Waals surface area contributed by atoms with Crippen LogP contribution in [0.2, 0.25) is 0 Å². The van der Waals surface area contributed by atoms with Gasteiger partial charge in [-0.15, -0.1) is 0 Å². The minimum atomic E-state index is -0.456. The van der Waals surface area contributed by atoms with Crippen molar-refractivity contribution in [3.05, 3.63) is 39.9 Å². The van der Waals surface area contributed by atoms with E-state index in [9.17, 15) is 14.9 Å². The van der Waals surface area contributed by atoms with Gasteiger partial charge in [0.2, 0.25) is 5.91 Å². The quantitative estimate of drug-likeness (QED) is 0.600. The average Bonchev–Trinajstić information content (AvgIpc) is 2.37. The number of nitrogens with one attached hydrogen (secondary N) is 1. The van der Waals surface area contributed by atoms with Crippen LogP contribution >= 0.6 is 0 Å². The van der Waals surface area contributed by atoms with Crippen molar-refractivity contribution in [3.63, 3.8) is 0 Å². The zero-order valence-corrected chi connectivity index (χ0v) is 11.1. The number of hydrogen-bond donors (Lipinski definition) is 2. The molecule has 0 fully saturated rings. The van der Waals surface area contributed by atoms with Gasteiger partial charge < -0.3 is 11.1 Å². The number of carbonyl (C=O) groups excluding carboxylic acids is 1. The van der Waals surface area contributed by atoms with E-state index >= 15 is 0 Å². The fraction of sp³-hybridized carbons (Fsp3) is 0.462. The van der Waals surface area contributed by atoms with Crippen molar-refractivity contribution in [2.45, 2.75) is 20.4 Å². The molecule has 0 aliphatic heterocycles. The fourth-order valence-corrected chi connectivity index (χ4v) is 1.78. The normalized spacial score (nSPS) is 12.2. The Morgan fingerprint density at radius 2 is 2.16 bits per heavy atom. The second kappa shape index (κ2) is 6.84. The summed E-state index contributed by atoms with van der Waals surface area (Å²) >= 11 is 0. The summed E-state index contributed by atoms with van der Waals surface area (Å²) in [5.41, 5.74) is 6.27. The molecule has 1 unspecified atom stereocenters. The first-order valence-corrected chi connectivity index (χ1v) is 6.16. The lowest BCUT2D eigenvalue weighted by Gasteiger charge is -2.18. The van der Waals surface area contributed by atoms with Crippen molar-refractivity contribution in [1.82, 2.24) is 5.32 Å². The molecule has 0 aromatic heterocycles. The van der Waals surface area contributed by atoms with Gasteiger partial charge in [-0.05, 0) is 11.5 Å². The molecule has 0 heterocycles. The molecule has 1 rings (SSSR count). The maximum atomic E-state index is 11.9. The van der Waals surface area contributed by atoms with E-state index < -0.39 is 4.92 Å². The van der Waals surface area contributed by atoms with E-state index in [4.69, 9.17) is 5.73 Å². The molecule has 0 radical (unpaired) electrons. The summed E-state index contributed by atoms with van der Waals surface area (Å²) < 4.78 is 0. The van der Waals surface area contributed by atoms with Gasteiger partial charge in [0, 0.05) is 25.2 Å². The molecule has 0 saturated heterocycles. The summed E-state index contributed by atoms with van der Waals surface area (Å²) in [5, 5.41) is 13.4. The van der Waals surface area contributed by atoms with Crippen LogP contribution in [0.15, 0.2) is 24.3 Å². The summed E-state index contributed by atoms with van der Waals surface area (Å²) in [6, 6.07) is 6.21. The molecule has 6 nitrogen and oxygen atoms in total. The maximum Gasteiger partial charge on any atom is 0.269 e. The first kappa shape index (κ1) is 15.1. The van der Waals surface area contributed by atoms with E-state index in [1.54, 1.807) is 12.1 Å². The number of nitro benzene ring substituents is 1. The molecule has 0 aliphatic carbocycles. The number of nitrogens with zero attached hydrogens (tertiary/aromatic N) is 1. The highest BCUT2D eigenvalue weighted by atomic mass is 16.6. The number of rotatable bonds is 6. The predicted octanol–water partition coefficient (Wildman–Crippen LogP) is 1.44. The zero-order valence-electron chi connectivity index (χ0n) is 11.1. The van der Waals surface area contributed by atoms with Crippen molar-refractivity contribution in [2.75, 3.05) is 6.54 Å². The Bertz CT molecular complexity index is 460. The number of amides is 1. The minimum absolute atomic E-state index is 0.0194. The van der Waals surface area contributed by atoms with Crippen molar-refractivity contribution in [1.29, 1.82) is 0 Å². The Kier molecular flexibility index (Phi) is 5.44. The van der Waals surface area contributed by atoms with Crippen LogP contribution in [0, 0.1) is 22.0 Å². The van der Waals surface area contributed by atoms with Crippen LogP contribution in [0.4, 0.5) is 5.69 Å². The van der Waals surface area contributed by atoms with Crippen molar-refractivity contribution in [2.24, 2.45) is 17.6 Å². The molecule has 0 spiro atoms. The van der Waals surface area contributed by atoms with Gasteiger partial charge in [0.05, 0.1) is 10.8 Å². The Hall–Kier alpha value is -1.95. The molecule has 1 aromatic rings. The second-order valence-corrected chi connectivity index (χ2v) is 4.73. The molecular formula is C13H19N3O3. The monoisotopic (exact) mass is 265 g/mol. The van der Waals surface area contributed by atoms with Crippen LogP contribution in [0.5, 0.6) is 0 Å². The number of nitrogens with two attached hydrogens (primary N) is 1. The minimum Gasteiger partial charge on any atom is -0.352 e. The Labute approximate surface area is 112 Å². The highest BCUT2D eigenvalue weighted by Gasteiger charge is 2.20. The molecule has 3 N–H and O–H groups in total. The van der Waals surface area contributed by atoms with Crippen LogP contribution in [0.1, 0.15) is 19.4 Å². The number of benzene rings is 1. The summed E-state index contributed by atoms with van der Waals surface area (Å²) in [6.07, 6.45) is 0. The lowest BCUT2D eigenvalue weighted by molar-refractivity contribution is -0.384. The summed E-state index contributed by atoms with van der Waals surface area (Å²) in [7, 11) is 0. The summed E-state index contributed by atoms with van der Waals surface area (Å²) in [4.78, 5) is 22.1. The van der Waals surface area contributed by atoms with Gasteiger partial charge in [0.15, 0.2) is 0 Å². The second-order valence-electron chi connectivity index (χ2n) is 4.73. The Morgan fingerprint density at radius 3 is 2.68 bits per heavy atom. The molecule has 6 heteroatoms. The standard InChI is InChI=1S/C13H19N3O3/c1-9(2)12(7-14)13(17)15-8-10-4-3-5-11(6-10)16(18)19/h3-6,9,12H,7-8,14H2,1-2H3,(H,15,17). The first-order chi connectivity index (χ1) is 8.95. The first-order valence-electron chi connectivity index (χ1n) is 6.16. The van der Waals surface area contributed by atoms with Crippen LogP contribution in [-0.4, -0.2) is 17.4 Å². The zero-order chi connectivity index (χ0) is 14.4. The molecular weight excluding hydrogens is 246 g/mol. The van der Waals surface area contributed by atoms with E-state index in [0.717, 1.165) is 0 Å². The fourth-order valence-electron chi connectivity index (χ4n) is 1.78. The molecule has 0 aliphatic rings. The van der Waals surface area contributed by atoms with Gasteiger partial charge in [-0.1, -0.05) is 26.0 Å². The van der Waals surface area contributed by atoms with E-state index in [2.05, 4.69) is 5.32 Å². The number of hydrogen-bond acceptors (Lipinski definition) is 4. The highest BCUT2D eigenvalue weighted by Crippen LogP contribution is 2.14. The molecule has 1 atom stereocenters. The summed E-state index contributed by atoms with van der Waals surface area (Å²) in [6.45, 7) is 4.43. The smallest absolute Gasteiger partial charge is 0.269 e. The largest absolute Gasteiger partial charge is 0.352 e. The molecule has 104 valence electrons. The SMILES string of the molecule is CC(C)C(CN)C(=O)NCc1cccc([N+](=O)[O-])c1. The topological polar surface area (TPSA) is 98.3 Å². The lowest BCUT2D eigenvalue weighted by Crippen LogP contribution is -2.37. The van der Waals surface area contributed by atoms with Gasteiger partial charge in [-0.3, -0.25) is 14.9 Å². The molecule has 0 saturated carbocycles. The Morgan fingerprint density at radius 1 is 1.47 bits per heavy atom. The Balaban J connectivity index is 2.64. The van der Waals surface area contributed by atoms with Crippen LogP contribution in [0.3, 0.4) is 0 Å². The van der Waals surface area contributed by atoms with Gasteiger partial charge in [-0.2, -0.15) is 0 Å². The maximum absolute atomic E-state index is 11.9. The van der Waals surface area contributed by atoms with E-state index in [-0.39, 0.29) is 30.0 Å². The number of nitro groups is 1. The third kappa shape index (κ3) is 4.33. The molecule has 1 aromatic carbocycles. The predicted molar refractivity (Wildman–Crippen MR) is 72.3 cm³/mol. The van der Waals surface area contributed by atoms with E-state index in [1.165, 1.54) is 12.1 Å². The van der Waals surface area contributed by atoms with E-state index in [1.807, 2.05) is 13.8 Å². The highest BCUT2D eigenvalue weighted by molar-refractivity contribution is 5.79. The molecule has 1 amide bonds. The molecule has 19 heavy (non-hydrogen) atoms. The molecule has 0 bridgehead atoms. The van der Waals surface area contributed by atoms with Gasteiger partial charge in [-0.25, -0.2) is 0 Å². The third-order valence-corrected chi connectivity index (χ3v) is 2.98. The van der Waals surface area contributed by atoms with Gasteiger partial charge in [0.1, 0.15) is 0 Å². The number of non-ortho nitro benzene ring substituents is 1. The van der Waals surface area contributed by atoms with Crippen molar-refractivity contribution < 1.29 is 9.72 Å². The van der Waals surface area contributed by atoms with Crippen LogP contribution in [-0.2, 0) is 11.3 Å². The van der Waals surface area contributed by atoms with Crippen LogP contribution in [0.25, 0.3) is 0 Å². The lowest BCUT2D eigenvalue weighted by atomic mass is 9.95.